The maximum absolute atomic E-state index is 9.19. The fourth-order valence-corrected chi connectivity index (χ4v) is 1.96. The molecule has 86 valence electrons. The smallest absolute Gasteiger partial charge is 0.181 e. The first-order valence-electron chi connectivity index (χ1n) is 5.26. The van der Waals surface area contributed by atoms with E-state index in [2.05, 4.69) is 10.1 Å². The van der Waals surface area contributed by atoms with Gasteiger partial charge in [0, 0.05) is 12.4 Å². The predicted molar refractivity (Wildman–Crippen MR) is 62.1 cm³/mol. The number of aryl methyl sites for hydroxylation is 1. The van der Waals surface area contributed by atoms with Crippen LogP contribution in [-0.2, 0) is 13.7 Å². The van der Waals surface area contributed by atoms with Gasteiger partial charge in [0.2, 0.25) is 0 Å². The van der Waals surface area contributed by atoms with Crippen molar-refractivity contribution in [2.24, 2.45) is 7.05 Å². The first kappa shape index (κ1) is 10.0. The van der Waals surface area contributed by atoms with Crippen molar-refractivity contribution in [3.63, 3.8) is 0 Å². The Morgan fingerprint density at radius 2 is 2.18 bits per heavy atom. The summed E-state index contributed by atoms with van der Waals surface area (Å²) < 4.78 is 7.10. The maximum atomic E-state index is 9.19. The summed E-state index contributed by atoms with van der Waals surface area (Å²) in [4.78, 5) is 3.96. The first-order chi connectivity index (χ1) is 8.31. The van der Waals surface area contributed by atoms with Crippen molar-refractivity contribution in [1.29, 1.82) is 0 Å². The zero-order valence-electron chi connectivity index (χ0n) is 9.29. The van der Waals surface area contributed by atoms with Crippen LogP contribution in [0.3, 0.4) is 0 Å². The van der Waals surface area contributed by atoms with Gasteiger partial charge in [0.05, 0.1) is 12.1 Å². The molecular formula is C12H11N3O2. The van der Waals surface area contributed by atoms with E-state index in [9.17, 15) is 5.11 Å². The topological polar surface area (TPSA) is 64.1 Å². The summed E-state index contributed by atoms with van der Waals surface area (Å²) in [6, 6.07) is 7.87. The number of rotatable bonds is 2. The minimum Gasteiger partial charge on any atom is -0.441 e. The molecule has 0 aliphatic rings. The van der Waals surface area contributed by atoms with E-state index in [-0.39, 0.29) is 6.61 Å². The second-order valence-electron chi connectivity index (χ2n) is 3.78. The Kier molecular flexibility index (Phi) is 2.19. The van der Waals surface area contributed by atoms with Crippen molar-refractivity contribution in [2.45, 2.75) is 6.61 Å². The van der Waals surface area contributed by atoms with Crippen molar-refractivity contribution in [3.05, 3.63) is 36.4 Å². The molecular weight excluding hydrogens is 218 g/mol. The molecule has 3 aromatic rings. The van der Waals surface area contributed by atoms with E-state index in [4.69, 9.17) is 4.42 Å². The average molecular weight is 229 g/mol. The first-order valence-corrected chi connectivity index (χ1v) is 5.26. The van der Waals surface area contributed by atoms with Gasteiger partial charge < -0.3 is 9.52 Å². The van der Waals surface area contributed by atoms with Gasteiger partial charge in [-0.25, -0.2) is 4.98 Å². The highest BCUT2D eigenvalue weighted by Gasteiger charge is 2.17. The largest absolute Gasteiger partial charge is 0.441 e. The Hall–Kier alpha value is -2.14. The number of aromatic nitrogens is 3. The molecule has 0 aliphatic heterocycles. The SMILES string of the molecule is Cn1nc(-c2ocnc2CO)c2ccccc21. The van der Waals surface area contributed by atoms with Crippen LogP contribution in [0.15, 0.2) is 35.1 Å². The maximum Gasteiger partial charge on any atom is 0.181 e. The lowest BCUT2D eigenvalue weighted by molar-refractivity contribution is 0.277. The van der Waals surface area contributed by atoms with E-state index in [0.717, 1.165) is 10.9 Å². The molecule has 2 aromatic heterocycles. The molecule has 0 fully saturated rings. The summed E-state index contributed by atoms with van der Waals surface area (Å²) in [5.41, 5.74) is 2.24. The van der Waals surface area contributed by atoms with Crippen molar-refractivity contribution < 1.29 is 9.52 Å². The van der Waals surface area contributed by atoms with Crippen LogP contribution in [0, 0.1) is 0 Å². The van der Waals surface area contributed by atoms with Gasteiger partial charge in [-0.3, -0.25) is 4.68 Å². The second kappa shape index (κ2) is 3.71. The van der Waals surface area contributed by atoms with Gasteiger partial charge in [-0.2, -0.15) is 5.10 Å². The summed E-state index contributed by atoms with van der Waals surface area (Å²) in [5, 5.41) is 14.6. The highest BCUT2D eigenvalue weighted by Crippen LogP contribution is 2.29. The molecule has 0 saturated carbocycles. The molecule has 17 heavy (non-hydrogen) atoms. The Morgan fingerprint density at radius 1 is 1.35 bits per heavy atom. The van der Waals surface area contributed by atoms with Crippen molar-refractivity contribution in [3.8, 4) is 11.5 Å². The van der Waals surface area contributed by atoms with Gasteiger partial charge in [-0.1, -0.05) is 18.2 Å². The average Bonchev–Trinajstić information content (AvgIpc) is 2.94. The van der Waals surface area contributed by atoms with E-state index in [1.54, 1.807) is 4.68 Å². The Morgan fingerprint density at radius 3 is 3.00 bits per heavy atom. The van der Waals surface area contributed by atoms with Crippen molar-refractivity contribution >= 4 is 10.9 Å². The predicted octanol–water partition coefficient (Wildman–Crippen LogP) is 1.72. The molecule has 5 nitrogen and oxygen atoms in total. The molecule has 0 spiro atoms. The fraction of sp³-hybridized carbons (Fsp3) is 0.167. The summed E-state index contributed by atoms with van der Waals surface area (Å²) in [5.74, 6) is 0.532. The molecule has 0 aliphatic carbocycles. The highest BCUT2D eigenvalue weighted by molar-refractivity contribution is 5.92. The number of oxazole rings is 1. The molecule has 1 aromatic carbocycles. The molecule has 0 saturated heterocycles. The van der Waals surface area contributed by atoms with E-state index in [1.807, 2.05) is 31.3 Å². The molecule has 5 heteroatoms. The minimum absolute atomic E-state index is 0.156. The summed E-state index contributed by atoms with van der Waals surface area (Å²) in [6.07, 6.45) is 1.32. The number of hydrogen-bond acceptors (Lipinski definition) is 4. The van der Waals surface area contributed by atoms with Gasteiger partial charge in [0.1, 0.15) is 11.4 Å². The normalized spacial score (nSPS) is 11.2. The van der Waals surface area contributed by atoms with Crippen LogP contribution in [0.5, 0.6) is 0 Å². The number of hydrogen-bond donors (Lipinski definition) is 1. The minimum atomic E-state index is -0.156. The molecule has 0 bridgehead atoms. The lowest BCUT2D eigenvalue weighted by atomic mass is 10.1. The Labute approximate surface area is 97.3 Å². The molecule has 0 amide bonds. The van der Waals surface area contributed by atoms with E-state index < -0.39 is 0 Å². The molecule has 3 rings (SSSR count). The van der Waals surface area contributed by atoms with Crippen LogP contribution in [0.1, 0.15) is 5.69 Å². The molecule has 1 N–H and O–H groups in total. The Balaban J connectivity index is 2.31. The molecule has 0 atom stereocenters. The number of fused-ring (bicyclic) bond motifs is 1. The van der Waals surface area contributed by atoms with Gasteiger partial charge in [-0.15, -0.1) is 0 Å². The van der Waals surface area contributed by atoms with E-state index in [1.165, 1.54) is 6.39 Å². The highest BCUT2D eigenvalue weighted by atomic mass is 16.3. The lowest BCUT2D eigenvalue weighted by Crippen LogP contribution is -1.91. The van der Waals surface area contributed by atoms with Gasteiger partial charge >= 0.3 is 0 Å². The van der Waals surface area contributed by atoms with Gasteiger partial charge in [-0.05, 0) is 6.07 Å². The summed E-state index contributed by atoms with van der Waals surface area (Å²) in [6.45, 7) is -0.156. The number of nitrogens with zero attached hydrogens (tertiary/aromatic N) is 3. The van der Waals surface area contributed by atoms with Crippen LogP contribution >= 0.6 is 0 Å². The number of benzene rings is 1. The van der Waals surface area contributed by atoms with Crippen molar-refractivity contribution in [2.75, 3.05) is 0 Å². The van der Waals surface area contributed by atoms with Crippen LogP contribution in [0.4, 0.5) is 0 Å². The van der Waals surface area contributed by atoms with Gasteiger partial charge in [0.15, 0.2) is 12.2 Å². The molecule has 0 radical (unpaired) electrons. The van der Waals surface area contributed by atoms with Crippen molar-refractivity contribution in [1.82, 2.24) is 14.8 Å². The third kappa shape index (κ3) is 1.43. The van der Waals surface area contributed by atoms with Crippen LogP contribution in [0.25, 0.3) is 22.4 Å². The van der Waals surface area contributed by atoms with Crippen LogP contribution in [0.2, 0.25) is 0 Å². The third-order valence-electron chi connectivity index (χ3n) is 2.76. The zero-order chi connectivity index (χ0) is 11.8. The quantitative estimate of drug-likeness (QED) is 0.726. The Bertz CT molecular complexity index is 669. The summed E-state index contributed by atoms with van der Waals surface area (Å²) in [7, 11) is 1.88. The van der Waals surface area contributed by atoms with Crippen LogP contribution in [-0.4, -0.2) is 19.9 Å². The second-order valence-corrected chi connectivity index (χ2v) is 3.78. The molecule has 0 unspecified atom stereocenters. The van der Waals surface area contributed by atoms with Gasteiger partial charge in [0.25, 0.3) is 0 Å². The molecule has 2 heterocycles. The third-order valence-corrected chi connectivity index (χ3v) is 2.76. The van der Waals surface area contributed by atoms with E-state index in [0.29, 0.717) is 17.1 Å². The van der Waals surface area contributed by atoms with Crippen LogP contribution < -0.4 is 0 Å². The summed E-state index contributed by atoms with van der Waals surface area (Å²) >= 11 is 0. The number of aliphatic hydroxyl groups is 1. The van der Waals surface area contributed by atoms with E-state index >= 15 is 0 Å². The number of aliphatic hydroxyl groups excluding tert-OH is 1. The lowest BCUT2D eigenvalue weighted by Gasteiger charge is -1.94. The number of para-hydroxylation sites is 1. The zero-order valence-corrected chi connectivity index (χ0v) is 9.29. The fourth-order valence-electron chi connectivity index (χ4n) is 1.96. The monoisotopic (exact) mass is 229 g/mol. The standard InChI is InChI=1S/C12H11N3O2/c1-15-10-5-3-2-4-8(10)11(14-15)12-9(6-16)13-7-17-12/h2-5,7,16H,6H2,1H3.